The number of hydrogen-bond acceptors (Lipinski definition) is 5. The van der Waals surface area contributed by atoms with Gasteiger partial charge in [0.1, 0.15) is 12.1 Å². The Labute approximate surface area is 193 Å². The molecule has 0 radical (unpaired) electrons. The highest BCUT2D eigenvalue weighted by Gasteiger charge is 2.53. The van der Waals surface area contributed by atoms with Crippen molar-refractivity contribution >= 4 is 17.8 Å². The quantitative estimate of drug-likeness (QED) is 0.631. The molecular weight excluding hydrogens is 422 g/mol. The first kappa shape index (κ1) is 22.6. The van der Waals surface area contributed by atoms with Gasteiger partial charge < -0.3 is 20.1 Å². The van der Waals surface area contributed by atoms with Gasteiger partial charge in [-0.2, -0.15) is 0 Å². The summed E-state index contributed by atoms with van der Waals surface area (Å²) in [7, 11) is 3.15. The van der Waals surface area contributed by atoms with E-state index < -0.39 is 11.6 Å². The molecule has 33 heavy (non-hydrogen) atoms. The van der Waals surface area contributed by atoms with Gasteiger partial charge in [-0.25, -0.2) is 4.79 Å². The lowest BCUT2D eigenvalue weighted by Crippen LogP contribution is -2.45. The largest absolute Gasteiger partial charge is 0.493 e. The molecule has 0 bridgehead atoms. The van der Waals surface area contributed by atoms with Crippen LogP contribution in [-0.2, 0) is 28.0 Å². The standard InChI is InChI=1S/C25H29N3O5/c1-32-20-11-10-17(15-21(20)33-2)12-14-26-22(29)16-28-23(30)25(27-24(28)31)13-6-5-8-18-7-3-4-9-19(18)25/h3-4,7,9-11,15H,5-6,8,12-14,16H2,1-2H3,(H,26,29)(H,27,31)/t25-/m1/s1. The zero-order valence-electron chi connectivity index (χ0n) is 19.0. The number of carbonyl (C=O) groups excluding carboxylic acids is 3. The van der Waals surface area contributed by atoms with Gasteiger partial charge >= 0.3 is 6.03 Å². The second-order valence-corrected chi connectivity index (χ2v) is 8.38. The molecule has 2 aromatic rings. The number of amides is 4. The number of methoxy groups -OCH3 is 2. The van der Waals surface area contributed by atoms with Gasteiger partial charge in [-0.3, -0.25) is 14.5 Å². The summed E-state index contributed by atoms with van der Waals surface area (Å²) in [6, 6.07) is 12.8. The molecule has 1 aliphatic carbocycles. The Bertz CT molecular complexity index is 1070. The molecule has 8 nitrogen and oxygen atoms in total. The van der Waals surface area contributed by atoms with E-state index >= 15 is 0 Å². The molecule has 1 spiro atoms. The van der Waals surface area contributed by atoms with Crippen molar-refractivity contribution in [3.8, 4) is 11.5 Å². The second kappa shape index (κ2) is 9.52. The summed E-state index contributed by atoms with van der Waals surface area (Å²) >= 11 is 0. The summed E-state index contributed by atoms with van der Waals surface area (Å²) in [4.78, 5) is 39.7. The smallest absolute Gasteiger partial charge is 0.325 e. The van der Waals surface area contributed by atoms with Gasteiger partial charge in [0.05, 0.1) is 14.2 Å². The van der Waals surface area contributed by atoms with Crippen LogP contribution < -0.4 is 20.1 Å². The summed E-state index contributed by atoms with van der Waals surface area (Å²) in [6.07, 6.45) is 3.76. The minimum atomic E-state index is -1.08. The van der Waals surface area contributed by atoms with Crippen molar-refractivity contribution in [3.63, 3.8) is 0 Å². The lowest BCUT2D eigenvalue weighted by Gasteiger charge is -2.27. The Morgan fingerprint density at radius 3 is 2.67 bits per heavy atom. The highest BCUT2D eigenvalue weighted by Crippen LogP contribution is 2.38. The lowest BCUT2D eigenvalue weighted by atomic mass is 9.84. The van der Waals surface area contributed by atoms with Gasteiger partial charge in [-0.1, -0.05) is 30.3 Å². The fraction of sp³-hybridized carbons (Fsp3) is 0.400. The van der Waals surface area contributed by atoms with Gasteiger partial charge in [0, 0.05) is 6.54 Å². The van der Waals surface area contributed by atoms with Crippen molar-refractivity contribution < 1.29 is 23.9 Å². The SMILES string of the molecule is COc1ccc(CCNC(=O)CN2C(=O)N[C@@]3(CCCCc4ccccc43)C2=O)cc1OC. The fourth-order valence-corrected chi connectivity index (χ4v) is 4.70. The summed E-state index contributed by atoms with van der Waals surface area (Å²) < 4.78 is 10.5. The maximum absolute atomic E-state index is 13.4. The molecule has 174 valence electrons. The molecule has 1 fully saturated rings. The number of urea groups is 1. The Hall–Kier alpha value is -3.55. The average molecular weight is 452 g/mol. The maximum atomic E-state index is 13.4. The molecule has 1 saturated heterocycles. The first-order chi connectivity index (χ1) is 16.0. The van der Waals surface area contributed by atoms with E-state index in [1.165, 1.54) is 0 Å². The molecule has 1 atom stereocenters. The Morgan fingerprint density at radius 2 is 1.88 bits per heavy atom. The molecule has 8 heteroatoms. The van der Waals surface area contributed by atoms with E-state index in [1.807, 2.05) is 42.5 Å². The minimum Gasteiger partial charge on any atom is -0.493 e. The molecule has 4 amide bonds. The number of benzene rings is 2. The summed E-state index contributed by atoms with van der Waals surface area (Å²) in [5.74, 6) is 0.530. The Kier molecular flexibility index (Phi) is 6.53. The molecule has 4 rings (SSSR count). The highest BCUT2D eigenvalue weighted by molar-refractivity contribution is 6.09. The topological polar surface area (TPSA) is 97.0 Å². The van der Waals surface area contributed by atoms with E-state index in [0.29, 0.717) is 30.9 Å². The van der Waals surface area contributed by atoms with Gasteiger partial charge in [0.15, 0.2) is 11.5 Å². The van der Waals surface area contributed by atoms with Gasteiger partial charge in [0.2, 0.25) is 5.91 Å². The zero-order chi connectivity index (χ0) is 23.4. The van der Waals surface area contributed by atoms with Crippen LogP contribution in [0.15, 0.2) is 42.5 Å². The second-order valence-electron chi connectivity index (χ2n) is 8.38. The molecule has 1 aliphatic heterocycles. The van der Waals surface area contributed by atoms with Gasteiger partial charge in [-0.15, -0.1) is 0 Å². The third-order valence-electron chi connectivity index (χ3n) is 6.39. The average Bonchev–Trinajstić information content (AvgIpc) is 2.96. The number of nitrogens with zero attached hydrogens (tertiary/aromatic N) is 1. The molecule has 0 unspecified atom stereocenters. The molecule has 1 heterocycles. The van der Waals surface area contributed by atoms with Crippen LogP contribution >= 0.6 is 0 Å². The van der Waals surface area contributed by atoms with Gasteiger partial charge in [-0.05, 0) is 60.9 Å². The summed E-state index contributed by atoms with van der Waals surface area (Å²) in [5, 5.41) is 5.71. The normalized spacial score (nSPS) is 19.6. The van der Waals surface area contributed by atoms with Crippen LogP contribution in [0.3, 0.4) is 0 Å². The van der Waals surface area contributed by atoms with Crippen LogP contribution in [-0.4, -0.2) is 50.1 Å². The van der Waals surface area contributed by atoms with Crippen LogP contribution in [0, 0.1) is 0 Å². The third kappa shape index (κ3) is 4.37. The van der Waals surface area contributed by atoms with Crippen LogP contribution in [0.4, 0.5) is 4.79 Å². The van der Waals surface area contributed by atoms with Crippen molar-refractivity contribution in [1.29, 1.82) is 0 Å². The Morgan fingerprint density at radius 1 is 1.09 bits per heavy atom. The first-order valence-electron chi connectivity index (χ1n) is 11.2. The van der Waals surface area contributed by atoms with Crippen molar-refractivity contribution in [2.24, 2.45) is 0 Å². The molecule has 2 N–H and O–H groups in total. The number of ether oxygens (including phenoxy) is 2. The van der Waals surface area contributed by atoms with E-state index in [2.05, 4.69) is 10.6 Å². The number of aryl methyl sites for hydroxylation is 1. The van der Waals surface area contributed by atoms with E-state index in [4.69, 9.17) is 9.47 Å². The minimum absolute atomic E-state index is 0.305. The predicted octanol–water partition coefficient (Wildman–Crippen LogP) is 2.54. The van der Waals surface area contributed by atoms with Crippen LogP contribution in [0.25, 0.3) is 0 Å². The maximum Gasteiger partial charge on any atom is 0.325 e. The first-order valence-corrected chi connectivity index (χ1v) is 11.2. The van der Waals surface area contributed by atoms with E-state index in [-0.39, 0.29) is 18.4 Å². The number of imide groups is 1. The number of rotatable bonds is 7. The number of carbonyl (C=O) groups is 3. The molecule has 0 aromatic heterocycles. The van der Waals surface area contributed by atoms with E-state index in [9.17, 15) is 14.4 Å². The van der Waals surface area contributed by atoms with Crippen molar-refractivity contribution in [1.82, 2.24) is 15.5 Å². The zero-order valence-corrected chi connectivity index (χ0v) is 19.0. The van der Waals surface area contributed by atoms with Crippen LogP contribution in [0.2, 0.25) is 0 Å². The van der Waals surface area contributed by atoms with Gasteiger partial charge in [0.25, 0.3) is 5.91 Å². The third-order valence-corrected chi connectivity index (χ3v) is 6.39. The van der Waals surface area contributed by atoms with E-state index in [1.54, 1.807) is 14.2 Å². The molecular formula is C25H29N3O5. The molecule has 2 aliphatic rings. The summed E-state index contributed by atoms with van der Waals surface area (Å²) in [6.45, 7) is 0.0620. The number of nitrogens with one attached hydrogen (secondary N) is 2. The van der Waals surface area contributed by atoms with Crippen molar-refractivity contribution in [2.75, 3.05) is 27.3 Å². The van der Waals surface area contributed by atoms with Crippen molar-refractivity contribution in [3.05, 3.63) is 59.2 Å². The lowest BCUT2D eigenvalue weighted by molar-refractivity contribution is -0.135. The van der Waals surface area contributed by atoms with E-state index in [0.717, 1.165) is 40.9 Å². The number of fused-ring (bicyclic) bond motifs is 2. The number of hydrogen-bond donors (Lipinski definition) is 2. The predicted molar refractivity (Wildman–Crippen MR) is 122 cm³/mol. The van der Waals surface area contributed by atoms with Crippen molar-refractivity contribution in [2.45, 2.75) is 37.6 Å². The molecule has 0 saturated carbocycles. The van der Waals surface area contributed by atoms with Crippen LogP contribution in [0.5, 0.6) is 11.5 Å². The van der Waals surface area contributed by atoms with Crippen LogP contribution in [0.1, 0.15) is 36.0 Å². The molecule has 2 aromatic carbocycles. The highest BCUT2D eigenvalue weighted by atomic mass is 16.5. The Balaban J connectivity index is 1.39. The summed E-state index contributed by atoms with van der Waals surface area (Å²) in [5.41, 5.74) is 1.81. The monoisotopic (exact) mass is 451 g/mol. The fourth-order valence-electron chi connectivity index (χ4n) is 4.70.